The van der Waals surface area contributed by atoms with E-state index in [1.807, 2.05) is 23.2 Å². The molecular weight excluding hydrogens is 202 g/mol. The zero-order valence-corrected chi connectivity index (χ0v) is 9.10. The van der Waals surface area contributed by atoms with Crippen LogP contribution in [0.3, 0.4) is 0 Å². The van der Waals surface area contributed by atoms with Crippen molar-refractivity contribution in [1.29, 1.82) is 0 Å². The van der Waals surface area contributed by atoms with Gasteiger partial charge in [0, 0.05) is 19.6 Å². The van der Waals surface area contributed by atoms with Gasteiger partial charge in [0.25, 0.3) is 5.91 Å². The number of rotatable bonds is 0. The fourth-order valence-corrected chi connectivity index (χ4v) is 2.55. The van der Waals surface area contributed by atoms with Crippen LogP contribution in [0.4, 0.5) is 0 Å². The van der Waals surface area contributed by atoms with Crippen molar-refractivity contribution < 1.29 is 4.79 Å². The number of benzene rings is 1. The molecule has 1 atom stereocenters. The first-order valence-electron chi connectivity index (χ1n) is 5.67. The molecule has 2 aliphatic rings. The van der Waals surface area contributed by atoms with Gasteiger partial charge in [-0.3, -0.25) is 9.80 Å². The molecule has 84 valence electrons. The zero-order valence-electron chi connectivity index (χ0n) is 9.10. The molecule has 0 saturated carbocycles. The lowest BCUT2D eigenvalue weighted by Crippen LogP contribution is -2.42. The van der Waals surface area contributed by atoms with Crippen molar-refractivity contribution in [3.63, 3.8) is 0 Å². The van der Waals surface area contributed by atoms with Gasteiger partial charge >= 0.3 is 0 Å². The van der Waals surface area contributed by atoms with Crippen LogP contribution >= 0.6 is 0 Å². The molecule has 4 heteroatoms. The van der Waals surface area contributed by atoms with Crippen LogP contribution in [-0.4, -0.2) is 29.0 Å². The van der Waals surface area contributed by atoms with Crippen molar-refractivity contribution in [2.45, 2.75) is 19.0 Å². The summed E-state index contributed by atoms with van der Waals surface area (Å²) in [6.45, 7) is 2.56. The Morgan fingerprint density at radius 1 is 1.25 bits per heavy atom. The number of fused-ring (bicyclic) bond motifs is 2. The molecule has 0 unspecified atom stereocenters. The number of amides is 1. The molecule has 1 aromatic rings. The van der Waals surface area contributed by atoms with E-state index in [-0.39, 0.29) is 5.91 Å². The van der Waals surface area contributed by atoms with Gasteiger partial charge in [0.2, 0.25) is 0 Å². The third-order valence-electron chi connectivity index (χ3n) is 3.39. The highest BCUT2D eigenvalue weighted by Crippen LogP contribution is 2.27. The normalized spacial score (nSPS) is 25.2. The van der Waals surface area contributed by atoms with Crippen LogP contribution in [0.15, 0.2) is 24.3 Å². The lowest BCUT2D eigenvalue weighted by Gasteiger charge is -2.26. The number of carbonyl (C=O) groups excluding carboxylic acids is 1. The van der Waals surface area contributed by atoms with Crippen LogP contribution in [0.2, 0.25) is 0 Å². The number of nitrogens with two attached hydrogens (primary N) is 1. The minimum Gasteiger partial charge on any atom is -0.316 e. The maximum atomic E-state index is 12.1. The van der Waals surface area contributed by atoms with Gasteiger partial charge in [0.15, 0.2) is 0 Å². The molecule has 2 N–H and O–H groups in total. The molecule has 0 spiro atoms. The molecule has 1 fully saturated rings. The van der Waals surface area contributed by atoms with Crippen LogP contribution in [-0.2, 0) is 11.3 Å². The van der Waals surface area contributed by atoms with E-state index < -0.39 is 6.04 Å². The lowest BCUT2D eigenvalue weighted by molar-refractivity contribution is -0.145. The second-order valence-corrected chi connectivity index (χ2v) is 4.38. The van der Waals surface area contributed by atoms with Gasteiger partial charge in [-0.15, -0.1) is 0 Å². The maximum absolute atomic E-state index is 12.1. The fraction of sp³-hybridized carbons (Fsp3) is 0.417. The molecule has 0 aliphatic carbocycles. The van der Waals surface area contributed by atoms with Crippen molar-refractivity contribution in [3.05, 3.63) is 35.4 Å². The minimum atomic E-state index is -0.501. The van der Waals surface area contributed by atoms with Gasteiger partial charge in [-0.2, -0.15) is 0 Å². The molecule has 4 nitrogen and oxygen atoms in total. The summed E-state index contributed by atoms with van der Waals surface area (Å²) in [5.41, 5.74) is 8.18. The number of hydrogen-bond acceptors (Lipinski definition) is 3. The van der Waals surface area contributed by atoms with Gasteiger partial charge < -0.3 is 5.73 Å². The smallest absolute Gasteiger partial charge is 0.258 e. The molecule has 0 bridgehead atoms. The highest BCUT2D eigenvalue weighted by molar-refractivity contribution is 5.83. The summed E-state index contributed by atoms with van der Waals surface area (Å²) in [6.07, 6.45) is 1.04. The van der Waals surface area contributed by atoms with E-state index in [1.165, 1.54) is 5.56 Å². The van der Waals surface area contributed by atoms with Gasteiger partial charge in [-0.05, 0) is 17.5 Å². The van der Waals surface area contributed by atoms with E-state index in [2.05, 4.69) is 11.1 Å². The standard InChI is InChI=1S/C12H15N3O/c13-11-10-5-2-1-4-9(10)8-14-6-3-7-15(14)12(11)16/h1-2,4-5,11H,3,6-8,13H2/t11-/m1/s1. The lowest BCUT2D eigenvalue weighted by atomic mass is 10.0. The van der Waals surface area contributed by atoms with E-state index in [0.717, 1.165) is 31.6 Å². The summed E-state index contributed by atoms with van der Waals surface area (Å²) in [5.74, 6) is 0.0300. The van der Waals surface area contributed by atoms with Crippen LogP contribution in [0, 0.1) is 0 Å². The van der Waals surface area contributed by atoms with E-state index in [0.29, 0.717) is 0 Å². The summed E-state index contributed by atoms with van der Waals surface area (Å²) < 4.78 is 0. The fourth-order valence-electron chi connectivity index (χ4n) is 2.55. The predicted molar refractivity (Wildman–Crippen MR) is 60.1 cm³/mol. The Labute approximate surface area is 94.6 Å². The van der Waals surface area contributed by atoms with Crippen molar-refractivity contribution in [2.24, 2.45) is 5.73 Å². The van der Waals surface area contributed by atoms with Crippen molar-refractivity contribution in [2.75, 3.05) is 13.1 Å². The van der Waals surface area contributed by atoms with Crippen LogP contribution in [0.25, 0.3) is 0 Å². The number of nitrogens with zero attached hydrogens (tertiary/aromatic N) is 2. The summed E-state index contributed by atoms with van der Waals surface area (Å²) in [6, 6.07) is 7.46. The Kier molecular flexibility index (Phi) is 2.19. The van der Waals surface area contributed by atoms with Gasteiger partial charge in [-0.1, -0.05) is 24.3 Å². The predicted octanol–water partition coefficient (Wildman–Crippen LogP) is 0.649. The number of carbonyl (C=O) groups is 1. The summed E-state index contributed by atoms with van der Waals surface area (Å²) >= 11 is 0. The number of hydrazine groups is 1. The third kappa shape index (κ3) is 1.34. The molecule has 2 aliphatic heterocycles. The summed E-state index contributed by atoms with van der Waals surface area (Å²) in [5, 5.41) is 3.92. The first-order chi connectivity index (χ1) is 7.77. The van der Waals surface area contributed by atoms with E-state index in [9.17, 15) is 4.79 Å². The van der Waals surface area contributed by atoms with E-state index in [1.54, 1.807) is 0 Å². The molecule has 1 aromatic carbocycles. The Balaban J connectivity index is 2.07. The van der Waals surface area contributed by atoms with Crippen LogP contribution in [0.1, 0.15) is 23.6 Å². The molecule has 16 heavy (non-hydrogen) atoms. The molecule has 0 radical (unpaired) electrons. The average molecular weight is 217 g/mol. The first kappa shape index (κ1) is 9.81. The van der Waals surface area contributed by atoms with Gasteiger partial charge in [-0.25, -0.2) is 5.01 Å². The van der Waals surface area contributed by atoms with Gasteiger partial charge in [0.1, 0.15) is 6.04 Å². The number of hydrogen-bond donors (Lipinski definition) is 1. The highest BCUT2D eigenvalue weighted by atomic mass is 16.2. The Morgan fingerprint density at radius 3 is 2.94 bits per heavy atom. The first-order valence-corrected chi connectivity index (χ1v) is 5.67. The zero-order chi connectivity index (χ0) is 11.1. The third-order valence-corrected chi connectivity index (χ3v) is 3.39. The Hall–Kier alpha value is -1.39. The quantitative estimate of drug-likeness (QED) is 0.694. The van der Waals surface area contributed by atoms with E-state index in [4.69, 9.17) is 5.73 Å². The van der Waals surface area contributed by atoms with Crippen LogP contribution < -0.4 is 5.73 Å². The molecule has 1 saturated heterocycles. The molecule has 0 aromatic heterocycles. The highest BCUT2D eigenvalue weighted by Gasteiger charge is 2.34. The minimum absolute atomic E-state index is 0.0300. The van der Waals surface area contributed by atoms with Crippen molar-refractivity contribution >= 4 is 5.91 Å². The average Bonchev–Trinajstić information content (AvgIpc) is 2.72. The van der Waals surface area contributed by atoms with Crippen molar-refractivity contribution in [3.8, 4) is 0 Å². The Morgan fingerprint density at radius 2 is 2.06 bits per heavy atom. The largest absolute Gasteiger partial charge is 0.316 e. The SMILES string of the molecule is N[C@H]1C(=O)N2CCCN2Cc2ccccc21. The maximum Gasteiger partial charge on any atom is 0.258 e. The topological polar surface area (TPSA) is 49.6 Å². The van der Waals surface area contributed by atoms with Gasteiger partial charge in [0.05, 0.1) is 0 Å². The second kappa shape index (κ2) is 3.57. The molecular formula is C12H15N3O. The molecule has 3 rings (SSSR count). The van der Waals surface area contributed by atoms with Crippen LogP contribution in [0.5, 0.6) is 0 Å². The van der Waals surface area contributed by atoms with E-state index >= 15 is 0 Å². The molecule has 2 heterocycles. The summed E-state index contributed by atoms with van der Waals surface area (Å²) in [7, 11) is 0. The summed E-state index contributed by atoms with van der Waals surface area (Å²) in [4.78, 5) is 12.1. The van der Waals surface area contributed by atoms with Crippen molar-refractivity contribution in [1.82, 2.24) is 10.0 Å². The second-order valence-electron chi connectivity index (χ2n) is 4.38. The molecule has 1 amide bonds. The Bertz CT molecular complexity index is 432. The monoisotopic (exact) mass is 217 g/mol.